The predicted molar refractivity (Wildman–Crippen MR) is 71.0 cm³/mol. The van der Waals surface area contributed by atoms with Gasteiger partial charge in [0.1, 0.15) is 5.82 Å². The predicted octanol–water partition coefficient (Wildman–Crippen LogP) is 0.775. The molecule has 0 unspecified atom stereocenters. The van der Waals surface area contributed by atoms with Crippen molar-refractivity contribution >= 4 is 11.7 Å². The second kappa shape index (κ2) is 7.50. The van der Waals surface area contributed by atoms with Crippen molar-refractivity contribution in [3.63, 3.8) is 0 Å². The first kappa shape index (κ1) is 14.2. The topological polar surface area (TPSA) is 95.0 Å². The third-order valence-electron chi connectivity index (χ3n) is 2.69. The SMILES string of the molecule is CN(CCCCCO)c1ccc(/C(N)=N/O)cn1. The summed E-state index contributed by atoms with van der Waals surface area (Å²) in [5, 5.41) is 20.1. The van der Waals surface area contributed by atoms with Crippen molar-refractivity contribution in [3.05, 3.63) is 23.9 Å². The van der Waals surface area contributed by atoms with Gasteiger partial charge in [-0.2, -0.15) is 0 Å². The molecular weight excluding hydrogens is 232 g/mol. The zero-order valence-electron chi connectivity index (χ0n) is 10.6. The highest BCUT2D eigenvalue weighted by Crippen LogP contribution is 2.10. The number of nitrogens with zero attached hydrogens (tertiary/aromatic N) is 3. The van der Waals surface area contributed by atoms with E-state index >= 15 is 0 Å². The third kappa shape index (κ3) is 4.21. The number of unbranched alkanes of at least 4 members (excludes halogenated alkanes) is 2. The molecule has 0 aliphatic carbocycles. The normalized spacial score (nSPS) is 11.6. The standard InChI is InChI=1S/C12H20N4O2/c1-16(7-3-2-4-8-17)11-6-5-10(9-14-11)12(13)15-18/h5-6,9,17-18H,2-4,7-8H2,1H3,(H2,13,15). The Morgan fingerprint density at radius 3 is 2.72 bits per heavy atom. The number of nitrogens with two attached hydrogens (primary N) is 1. The van der Waals surface area contributed by atoms with E-state index in [1.165, 1.54) is 0 Å². The number of rotatable bonds is 7. The Labute approximate surface area is 107 Å². The molecule has 0 spiro atoms. The van der Waals surface area contributed by atoms with Crippen LogP contribution in [0.2, 0.25) is 0 Å². The molecule has 0 saturated heterocycles. The summed E-state index contributed by atoms with van der Waals surface area (Å²) in [6.07, 6.45) is 4.43. The Morgan fingerprint density at radius 2 is 2.17 bits per heavy atom. The van der Waals surface area contributed by atoms with Gasteiger partial charge in [-0.1, -0.05) is 5.16 Å². The lowest BCUT2D eigenvalue weighted by Crippen LogP contribution is -2.20. The van der Waals surface area contributed by atoms with Crippen LogP contribution in [0.1, 0.15) is 24.8 Å². The van der Waals surface area contributed by atoms with E-state index in [1.54, 1.807) is 12.3 Å². The van der Waals surface area contributed by atoms with Crippen LogP contribution in [0, 0.1) is 0 Å². The molecule has 0 fully saturated rings. The quantitative estimate of drug-likeness (QED) is 0.219. The molecule has 0 radical (unpaired) electrons. The molecule has 0 aliphatic heterocycles. The van der Waals surface area contributed by atoms with Crippen molar-refractivity contribution in [2.45, 2.75) is 19.3 Å². The number of hydrogen-bond donors (Lipinski definition) is 3. The van der Waals surface area contributed by atoms with E-state index in [2.05, 4.69) is 10.1 Å². The Balaban J connectivity index is 2.51. The molecule has 18 heavy (non-hydrogen) atoms. The van der Waals surface area contributed by atoms with Crippen LogP contribution in [0.15, 0.2) is 23.5 Å². The van der Waals surface area contributed by atoms with Gasteiger partial charge in [0.25, 0.3) is 0 Å². The van der Waals surface area contributed by atoms with Gasteiger partial charge in [-0.25, -0.2) is 4.98 Å². The fourth-order valence-corrected chi connectivity index (χ4v) is 1.57. The number of aromatic nitrogens is 1. The minimum atomic E-state index is 0.0552. The molecule has 0 bridgehead atoms. The van der Waals surface area contributed by atoms with Gasteiger partial charge < -0.3 is 20.9 Å². The molecule has 100 valence electrons. The van der Waals surface area contributed by atoms with Crippen molar-refractivity contribution in [1.29, 1.82) is 0 Å². The number of aliphatic hydroxyl groups is 1. The number of oxime groups is 1. The fourth-order valence-electron chi connectivity index (χ4n) is 1.57. The summed E-state index contributed by atoms with van der Waals surface area (Å²) in [4.78, 5) is 6.29. The van der Waals surface area contributed by atoms with E-state index in [0.717, 1.165) is 31.6 Å². The zero-order chi connectivity index (χ0) is 13.4. The van der Waals surface area contributed by atoms with E-state index < -0.39 is 0 Å². The average Bonchev–Trinajstić information content (AvgIpc) is 2.42. The maximum absolute atomic E-state index is 8.69. The maximum Gasteiger partial charge on any atom is 0.171 e. The third-order valence-corrected chi connectivity index (χ3v) is 2.69. The lowest BCUT2D eigenvalue weighted by Gasteiger charge is -2.18. The second-order valence-electron chi connectivity index (χ2n) is 4.10. The number of aliphatic hydroxyl groups excluding tert-OH is 1. The molecule has 1 aromatic heterocycles. The van der Waals surface area contributed by atoms with Gasteiger partial charge in [0, 0.05) is 32.0 Å². The molecule has 6 heteroatoms. The lowest BCUT2D eigenvalue weighted by atomic mass is 10.2. The minimum Gasteiger partial charge on any atom is -0.409 e. The van der Waals surface area contributed by atoms with E-state index in [9.17, 15) is 0 Å². The highest BCUT2D eigenvalue weighted by Gasteiger charge is 2.04. The Hall–Kier alpha value is -1.82. The van der Waals surface area contributed by atoms with Gasteiger partial charge >= 0.3 is 0 Å². The van der Waals surface area contributed by atoms with Gasteiger partial charge in [-0.3, -0.25) is 0 Å². The first-order valence-electron chi connectivity index (χ1n) is 5.95. The van der Waals surface area contributed by atoms with Crippen LogP contribution in [0.4, 0.5) is 5.82 Å². The van der Waals surface area contributed by atoms with Gasteiger partial charge in [0.15, 0.2) is 5.84 Å². The van der Waals surface area contributed by atoms with Gasteiger partial charge in [-0.05, 0) is 31.4 Å². The van der Waals surface area contributed by atoms with Crippen LogP contribution in [-0.2, 0) is 0 Å². The largest absolute Gasteiger partial charge is 0.409 e. The molecular formula is C12H20N4O2. The second-order valence-corrected chi connectivity index (χ2v) is 4.10. The van der Waals surface area contributed by atoms with E-state index in [1.807, 2.05) is 18.0 Å². The van der Waals surface area contributed by atoms with Crippen molar-refractivity contribution in [3.8, 4) is 0 Å². The average molecular weight is 252 g/mol. The van der Waals surface area contributed by atoms with Gasteiger partial charge in [0.05, 0.1) is 0 Å². The first-order chi connectivity index (χ1) is 8.69. The summed E-state index contributed by atoms with van der Waals surface area (Å²) in [5.41, 5.74) is 6.05. The van der Waals surface area contributed by atoms with Crippen LogP contribution < -0.4 is 10.6 Å². The van der Waals surface area contributed by atoms with Gasteiger partial charge in [-0.15, -0.1) is 0 Å². The van der Waals surface area contributed by atoms with Crippen LogP contribution >= 0.6 is 0 Å². The molecule has 1 heterocycles. The Kier molecular flexibility index (Phi) is 5.93. The van der Waals surface area contributed by atoms with E-state index in [0.29, 0.717) is 5.56 Å². The zero-order valence-corrected chi connectivity index (χ0v) is 10.6. The van der Waals surface area contributed by atoms with Gasteiger partial charge in [0.2, 0.25) is 0 Å². The molecule has 0 saturated carbocycles. The molecule has 6 nitrogen and oxygen atoms in total. The summed E-state index contributed by atoms with van der Waals surface area (Å²) in [6, 6.07) is 3.60. The molecule has 0 amide bonds. The lowest BCUT2D eigenvalue weighted by molar-refractivity contribution is 0.283. The fraction of sp³-hybridized carbons (Fsp3) is 0.500. The van der Waals surface area contributed by atoms with Crippen LogP contribution in [0.25, 0.3) is 0 Å². The number of hydrogen-bond acceptors (Lipinski definition) is 5. The molecule has 0 atom stereocenters. The molecule has 1 aromatic rings. The monoisotopic (exact) mass is 252 g/mol. The summed E-state index contributed by atoms with van der Waals surface area (Å²) in [5.74, 6) is 0.896. The summed E-state index contributed by atoms with van der Waals surface area (Å²) in [6.45, 7) is 1.13. The molecule has 1 rings (SSSR count). The van der Waals surface area contributed by atoms with Crippen LogP contribution in [0.3, 0.4) is 0 Å². The number of pyridine rings is 1. The van der Waals surface area contributed by atoms with Crippen molar-refractivity contribution in [1.82, 2.24) is 4.98 Å². The Bertz CT molecular complexity index is 378. The first-order valence-corrected chi connectivity index (χ1v) is 5.95. The molecule has 0 aliphatic rings. The summed E-state index contributed by atoms with van der Waals surface area (Å²) >= 11 is 0. The highest BCUT2D eigenvalue weighted by atomic mass is 16.4. The van der Waals surface area contributed by atoms with Crippen molar-refractivity contribution < 1.29 is 10.3 Å². The summed E-state index contributed by atoms with van der Waals surface area (Å²) in [7, 11) is 1.96. The van der Waals surface area contributed by atoms with E-state index in [4.69, 9.17) is 16.0 Å². The maximum atomic E-state index is 8.69. The molecule has 0 aromatic carbocycles. The number of anilines is 1. The summed E-state index contributed by atoms with van der Waals surface area (Å²) < 4.78 is 0. The smallest absolute Gasteiger partial charge is 0.171 e. The molecule has 4 N–H and O–H groups in total. The highest BCUT2D eigenvalue weighted by molar-refractivity contribution is 5.96. The Morgan fingerprint density at radius 1 is 1.39 bits per heavy atom. The minimum absolute atomic E-state index is 0.0552. The van der Waals surface area contributed by atoms with Crippen LogP contribution in [0.5, 0.6) is 0 Å². The number of amidine groups is 1. The van der Waals surface area contributed by atoms with Crippen LogP contribution in [-0.4, -0.2) is 41.3 Å². The van der Waals surface area contributed by atoms with Crippen molar-refractivity contribution in [2.75, 3.05) is 25.1 Å². The van der Waals surface area contributed by atoms with Crippen molar-refractivity contribution in [2.24, 2.45) is 10.9 Å². The van der Waals surface area contributed by atoms with E-state index in [-0.39, 0.29) is 12.4 Å².